The van der Waals surface area contributed by atoms with Gasteiger partial charge < -0.3 is 15.2 Å². The number of carboxylic acids is 1. The van der Waals surface area contributed by atoms with Crippen molar-refractivity contribution in [1.29, 1.82) is 0 Å². The molecule has 0 aliphatic carbocycles. The Morgan fingerprint density at radius 2 is 1.83 bits per heavy atom. The molecule has 0 fully saturated rings. The summed E-state index contributed by atoms with van der Waals surface area (Å²) in [5.41, 5.74) is 2.51. The van der Waals surface area contributed by atoms with Crippen LogP contribution in [-0.2, 0) is 27.7 Å². The Hall–Kier alpha value is -3.56. The third kappa shape index (κ3) is 5.11. The van der Waals surface area contributed by atoms with E-state index in [2.05, 4.69) is 5.32 Å². The number of hydrogen-bond donors (Lipinski definition) is 2. The highest BCUT2D eigenvalue weighted by Crippen LogP contribution is 2.35. The minimum absolute atomic E-state index is 0.0418. The molecule has 1 heterocycles. The van der Waals surface area contributed by atoms with Gasteiger partial charge in [0.1, 0.15) is 10.6 Å². The number of fused-ring (bicyclic) bond motifs is 1. The average Bonchev–Trinajstić information content (AvgIpc) is 2.84. The lowest BCUT2D eigenvalue weighted by atomic mass is 10.0. The molecule has 1 aliphatic rings. The van der Waals surface area contributed by atoms with Crippen LogP contribution in [0.4, 0.5) is 11.4 Å². The van der Waals surface area contributed by atoms with Crippen LogP contribution in [0, 0.1) is 0 Å². The lowest BCUT2D eigenvalue weighted by Gasteiger charge is -2.26. The van der Waals surface area contributed by atoms with Crippen molar-refractivity contribution in [3.8, 4) is 5.75 Å². The van der Waals surface area contributed by atoms with E-state index in [1.165, 1.54) is 49.6 Å². The van der Waals surface area contributed by atoms with Gasteiger partial charge in [-0.3, -0.25) is 9.59 Å². The molecule has 1 aliphatic heterocycles. The second kappa shape index (κ2) is 9.97. The highest BCUT2D eigenvalue weighted by Gasteiger charge is 2.35. The van der Waals surface area contributed by atoms with Crippen LogP contribution in [0.3, 0.4) is 0 Å². The van der Waals surface area contributed by atoms with E-state index in [9.17, 15) is 18.0 Å². The maximum Gasteiger partial charge on any atom is 0.307 e. The number of carboxylic acid groups (broad SMARTS) is 1. The topological polar surface area (TPSA) is 113 Å². The molecule has 1 amide bonds. The summed E-state index contributed by atoms with van der Waals surface area (Å²) in [6.45, 7) is 0.740. The molecule has 0 unspecified atom stereocenters. The van der Waals surface area contributed by atoms with E-state index in [4.69, 9.17) is 21.4 Å². The molecule has 182 valence electrons. The largest absolute Gasteiger partial charge is 0.495 e. The zero-order valence-corrected chi connectivity index (χ0v) is 20.4. The van der Waals surface area contributed by atoms with Crippen molar-refractivity contribution < 1.29 is 27.9 Å². The van der Waals surface area contributed by atoms with Crippen molar-refractivity contribution >= 4 is 44.9 Å². The van der Waals surface area contributed by atoms with Crippen molar-refractivity contribution in [3.05, 3.63) is 82.4 Å². The number of benzene rings is 3. The maximum atomic E-state index is 13.9. The fourth-order valence-electron chi connectivity index (χ4n) is 3.95. The van der Waals surface area contributed by atoms with Gasteiger partial charge in [-0.25, -0.2) is 8.42 Å². The molecule has 0 spiro atoms. The van der Waals surface area contributed by atoms with Crippen molar-refractivity contribution in [2.75, 3.05) is 23.3 Å². The molecule has 0 saturated heterocycles. The number of aryl methyl sites for hydroxylation is 1. The van der Waals surface area contributed by atoms with Gasteiger partial charge >= 0.3 is 5.97 Å². The average molecular weight is 515 g/mol. The predicted octanol–water partition coefficient (Wildman–Crippen LogP) is 4.37. The Bertz CT molecular complexity index is 1390. The standard InChI is InChI=1S/C25H23ClN2O6S/c1-34-22-11-9-19(26)14-23(22)35(32,33)28(20-10-8-17-3-2-12-27-21(17)15-20)25(31)18-6-4-16(5-7-18)13-24(29)30/h4-11,14-15,27H,2-3,12-13H2,1H3,(H,29,30). The quantitative estimate of drug-likeness (QED) is 0.481. The number of nitrogens with one attached hydrogen (secondary N) is 1. The number of amides is 1. The second-order valence-electron chi connectivity index (χ2n) is 8.01. The van der Waals surface area contributed by atoms with Crippen molar-refractivity contribution in [2.45, 2.75) is 24.2 Å². The highest BCUT2D eigenvalue weighted by atomic mass is 35.5. The number of carbonyl (C=O) groups is 2. The van der Waals surface area contributed by atoms with Gasteiger partial charge in [-0.1, -0.05) is 29.8 Å². The lowest BCUT2D eigenvalue weighted by Crippen LogP contribution is -2.37. The summed E-state index contributed by atoms with van der Waals surface area (Å²) in [6.07, 6.45) is 1.58. The van der Waals surface area contributed by atoms with Gasteiger partial charge in [0.05, 0.1) is 19.2 Å². The highest BCUT2D eigenvalue weighted by molar-refractivity contribution is 7.93. The van der Waals surface area contributed by atoms with Gasteiger partial charge in [0.2, 0.25) is 0 Å². The Balaban J connectivity index is 1.85. The maximum absolute atomic E-state index is 13.9. The first-order valence-electron chi connectivity index (χ1n) is 10.8. The SMILES string of the molecule is COc1ccc(Cl)cc1S(=O)(=O)N(C(=O)c1ccc(CC(=O)O)cc1)c1ccc2c(c1)NCCC2. The Kier molecular flexibility index (Phi) is 7.00. The normalized spacial score (nSPS) is 12.9. The molecule has 10 heteroatoms. The monoisotopic (exact) mass is 514 g/mol. The fraction of sp³-hybridized carbons (Fsp3) is 0.200. The van der Waals surface area contributed by atoms with Crippen LogP contribution in [0.15, 0.2) is 65.6 Å². The van der Waals surface area contributed by atoms with Crippen molar-refractivity contribution in [1.82, 2.24) is 0 Å². The summed E-state index contributed by atoms with van der Waals surface area (Å²) in [7, 11) is -3.14. The zero-order chi connectivity index (χ0) is 25.2. The number of halogens is 1. The van der Waals surface area contributed by atoms with Crippen LogP contribution < -0.4 is 14.4 Å². The van der Waals surface area contributed by atoms with Crippen LogP contribution in [0.1, 0.15) is 27.9 Å². The van der Waals surface area contributed by atoms with Gasteiger partial charge in [-0.2, -0.15) is 4.31 Å². The van der Waals surface area contributed by atoms with Crippen LogP contribution in [0.5, 0.6) is 5.75 Å². The van der Waals surface area contributed by atoms with Crippen molar-refractivity contribution in [3.63, 3.8) is 0 Å². The zero-order valence-electron chi connectivity index (χ0n) is 18.8. The molecule has 8 nitrogen and oxygen atoms in total. The van der Waals surface area contributed by atoms with Gasteiger partial charge in [-0.05, 0) is 66.4 Å². The smallest absolute Gasteiger partial charge is 0.307 e. The molecule has 3 aromatic carbocycles. The summed E-state index contributed by atoms with van der Waals surface area (Å²) >= 11 is 6.10. The molecule has 35 heavy (non-hydrogen) atoms. The first-order chi connectivity index (χ1) is 16.7. The van der Waals surface area contributed by atoms with Crippen molar-refractivity contribution in [2.24, 2.45) is 0 Å². The third-order valence-electron chi connectivity index (χ3n) is 5.65. The van der Waals surface area contributed by atoms with Crippen LogP contribution in [0.25, 0.3) is 0 Å². The van der Waals surface area contributed by atoms with Gasteiger partial charge in [-0.15, -0.1) is 0 Å². The van der Waals surface area contributed by atoms with Gasteiger partial charge in [0.25, 0.3) is 15.9 Å². The molecule has 2 N–H and O–H groups in total. The van der Waals surface area contributed by atoms with Crippen LogP contribution in [-0.4, -0.2) is 39.1 Å². The van der Waals surface area contributed by atoms with Gasteiger partial charge in [0.15, 0.2) is 0 Å². The Morgan fingerprint density at radius 1 is 1.09 bits per heavy atom. The molecule has 0 aromatic heterocycles. The molecule has 0 radical (unpaired) electrons. The summed E-state index contributed by atoms with van der Waals surface area (Å²) < 4.78 is 33.8. The summed E-state index contributed by atoms with van der Waals surface area (Å²) in [4.78, 5) is 24.4. The number of nitrogens with zero attached hydrogens (tertiary/aromatic N) is 1. The van der Waals surface area contributed by atoms with E-state index >= 15 is 0 Å². The second-order valence-corrected chi connectivity index (χ2v) is 10.2. The minimum Gasteiger partial charge on any atom is -0.495 e. The summed E-state index contributed by atoms with van der Waals surface area (Å²) in [6, 6.07) is 15.0. The first kappa shape index (κ1) is 24.6. The van der Waals surface area contributed by atoms with Crippen LogP contribution in [0.2, 0.25) is 5.02 Å². The predicted molar refractivity (Wildman–Crippen MR) is 133 cm³/mol. The number of rotatable bonds is 7. The Labute approximate surface area is 208 Å². The molecule has 3 aromatic rings. The number of ether oxygens (including phenoxy) is 1. The first-order valence-corrected chi connectivity index (χ1v) is 12.6. The minimum atomic E-state index is -4.47. The van der Waals surface area contributed by atoms with E-state index in [0.717, 1.165) is 34.9 Å². The number of sulfonamides is 1. The summed E-state index contributed by atoms with van der Waals surface area (Å²) in [5.74, 6) is -1.77. The third-order valence-corrected chi connectivity index (χ3v) is 7.62. The number of methoxy groups -OCH3 is 1. The number of anilines is 2. The molecular formula is C25H23ClN2O6S. The van der Waals surface area contributed by atoms with Gasteiger partial charge in [0, 0.05) is 22.8 Å². The van der Waals surface area contributed by atoms with E-state index < -0.39 is 21.9 Å². The molecule has 0 bridgehead atoms. The van der Waals surface area contributed by atoms with E-state index in [1.54, 1.807) is 18.2 Å². The van der Waals surface area contributed by atoms with E-state index in [-0.39, 0.29) is 33.3 Å². The number of aliphatic carboxylic acids is 1. The van der Waals surface area contributed by atoms with Crippen LogP contribution >= 0.6 is 11.6 Å². The molecule has 0 atom stereocenters. The number of carbonyl (C=O) groups excluding carboxylic acids is 1. The molecular weight excluding hydrogens is 492 g/mol. The van der Waals surface area contributed by atoms with E-state index in [0.29, 0.717) is 5.56 Å². The molecule has 0 saturated carbocycles. The summed E-state index contributed by atoms with van der Waals surface area (Å²) in [5, 5.41) is 12.4. The lowest BCUT2D eigenvalue weighted by molar-refractivity contribution is -0.136. The Morgan fingerprint density at radius 3 is 2.51 bits per heavy atom. The molecule has 4 rings (SSSR count). The van der Waals surface area contributed by atoms with E-state index in [1.807, 2.05) is 0 Å². The number of hydrogen-bond acceptors (Lipinski definition) is 6. The fourth-order valence-corrected chi connectivity index (χ4v) is 5.78.